The van der Waals surface area contributed by atoms with Gasteiger partial charge in [-0.25, -0.2) is 0 Å². The molecular formula is C54H93NO5. The van der Waals surface area contributed by atoms with Crippen molar-refractivity contribution in [2.24, 2.45) is 0 Å². The topological polar surface area (TPSA) is 95.9 Å². The summed E-state index contributed by atoms with van der Waals surface area (Å²) >= 11 is 0. The van der Waals surface area contributed by atoms with Gasteiger partial charge in [0.1, 0.15) is 6.10 Å². The summed E-state index contributed by atoms with van der Waals surface area (Å²) in [6, 6.07) is -0.729. The largest absolute Gasteiger partial charge is 0.462 e. The summed E-state index contributed by atoms with van der Waals surface area (Å²) in [7, 11) is 0. The van der Waals surface area contributed by atoms with Crippen LogP contribution in [0.15, 0.2) is 85.1 Å². The molecular weight excluding hydrogens is 743 g/mol. The maximum Gasteiger partial charge on any atom is 0.306 e. The average Bonchev–Trinajstić information content (AvgIpc) is 3.24. The minimum absolute atomic E-state index is 0.0216. The summed E-state index contributed by atoms with van der Waals surface area (Å²) in [5.41, 5.74) is 0. The van der Waals surface area contributed by atoms with Crippen molar-refractivity contribution in [3.8, 4) is 0 Å². The molecule has 0 rings (SSSR count). The van der Waals surface area contributed by atoms with Crippen molar-refractivity contribution in [3.05, 3.63) is 85.1 Å². The minimum atomic E-state index is -0.811. The maximum absolute atomic E-state index is 13.2. The van der Waals surface area contributed by atoms with Crippen molar-refractivity contribution in [2.75, 3.05) is 6.61 Å². The van der Waals surface area contributed by atoms with Crippen LogP contribution < -0.4 is 5.32 Å². The third-order valence-corrected chi connectivity index (χ3v) is 10.8. The predicted molar refractivity (Wildman–Crippen MR) is 259 cm³/mol. The SMILES string of the molecule is CC/C=C/C=C/C=C\C=C/C=C/CCCC(CC(=O)NC(CO)C(O)CCCCCCCCCCCCCCCC)OC(=O)CCCCCCCCC/C=C/C/C=C/CC. The maximum atomic E-state index is 13.2. The first-order chi connectivity index (χ1) is 29.5. The van der Waals surface area contributed by atoms with Gasteiger partial charge in [-0.05, 0) is 64.2 Å². The zero-order valence-electron chi connectivity index (χ0n) is 39.1. The van der Waals surface area contributed by atoms with E-state index in [4.69, 9.17) is 4.74 Å². The Balaban J connectivity index is 4.69. The van der Waals surface area contributed by atoms with Gasteiger partial charge in [-0.2, -0.15) is 0 Å². The van der Waals surface area contributed by atoms with Gasteiger partial charge in [0.25, 0.3) is 0 Å². The Hall–Kier alpha value is -2.96. The van der Waals surface area contributed by atoms with E-state index < -0.39 is 18.2 Å². The fourth-order valence-electron chi connectivity index (χ4n) is 7.14. The molecule has 3 N–H and O–H groups in total. The van der Waals surface area contributed by atoms with E-state index in [1.54, 1.807) is 0 Å². The van der Waals surface area contributed by atoms with E-state index in [0.29, 0.717) is 19.3 Å². The van der Waals surface area contributed by atoms with Crippen LogP contribution in [0.2, 0.25) is 0 Å². The number of rotatable bonds is 43. The first-order valence-electron chi connectivity index (χ1n) is 24.9. The molecule has 0 aliphatic rings. The second kappa shape index (κ2) is 47.1. The Morgan fingerprint density at radius 2 is 1.00 bits per heavy atom. The van der Waals surface area contributed by atoms with Gasteiger partial charge < -0.3 is 20.3 Å². The number of aliphatic hydroxyl groups excluding tert-OH is 2. The van der Waals surface area contributed by atoms with Crippen LogP contribution in [-0.4, -0.2) is 46.9 Å². The summed E-state index contributed by atoms with van der Waals surface area (Å²) in [6.07, 6.45) is 60.7. The van der Waals surface area contributed by atoms with Gasteiger partial charge in [-0.1, -0.05) is 228 Å². The quantitative estimate of drug-likeness (QED) is 0.0246. The molecule has 0 bridgehead atoms. The van der Waals surface area contributed by atoms with Crippen molar-refractivity contribution < 1.29 is 24.5 Å². The second-order valence-electron chi connectivity index (χ2n) is 16.6. The molecule has 0 heterocycles. The number of unbranched alkanes of at least 4 members (excludes halogenated alkanes) is 21. The van der Waals surface area contributed by atoms with Crippen molar-refractivity contribution in [2.45, 2.75) is 238 Å². The number of hydrogen-bond donors (Lipinski definition) is 3. The fraction of sp³-hybridized carbons (Fsp3) is 0.704. The Bertz CT molecular complexity index is 1160. The van der Waals surface area contributed by atoms with Gasteiger partial charge in [0.05, 0.1) is 25.2 Å². The van der Waals surface area contributed by atoms with Crippen LogP contribution in [0, 0.1) is 0 Å². The number of esters is 1. The molecule has 1 amide bonds. The van der Waals surface area contributed by atoms with E-state index in [2.05, 4.69) is 62.5 Å². The zero-order valence-corrected chi connectivity index (χ0v) is 39.1. The van der Waals surface area contributed by atoms with E-state index in [-0.39, 0.29) is 24.9 Å². The number of amides is 1. The molecule has 0 fully saturated rings. The highest BCUT2D eigenvalue weighted by Crippen LogP contribution is 2.17. The van der Waals surface area contributed by atoms with Crippen LogP contribution in [0.1, 0.15) is 220 Å². The minimum Gasteiger partial charge on any atom is -0.462 e. The number of hydrogen-bond acceptors (Lipinski definition) is 5. The molecule has 0 aliphatic heterocycles. The van der Waals surface area contributed by atoms with E-state index >= 15 is 0 Å². The molecule has 0 saturated carbocycles. The molecule has 0 aromatic rings. The number of carbonyl (C=O) groups is 2. The van der Waals surface area contributed by atoms with E-state index in [0.717, 1.165) is 77.0 Å². The van der Waals surface area contributed by atoms with E-state index in [1.807, 2.05) is 48.6 Å². The lowest BCUT2D eigenvalue weighted by atomic mass is 10.0. The van der Waals surface area contributed by atoms with Crippen LogP contribution in [0.3, 0.4) is 0 Å². The average molecular weight is 836 g/mol. The summed E-state index contributed by atoms with van der Waals surface area (Å²) in [4.78, 5) is 26.1. The summed E-state index contributed by atoms with van der Waals surface area (Å²) in [6.45, 7) is 6.20. The van der Waals surface area contributed by atoms with Crippen molar-refractivity contribution in [1.29, 1.82) is 0 Å². The van der Waals surface area contributed by atoms with E-state index in [9.17, 15) is 19.8 Å². The van der Waals surface area contributed by atoms with Crippen molar-refractivity contribution >= 4 is 11.9 Å². The van der Waals surface area contributed by atoms with Gasteiger partial charge in [0.15, 0.2) is 0 Å². The Kier molecular flexibility index (Phi) is 44.8. The lowest BCUT2D eigenvalue weighted by molar-refractivity contribution is -0.151. The van der Waals surface area contributed by atoms with E-state index in [1.165, 1.54) is 96.3 Å². The molecule has 3 unspecified atom stereocenters. The highest BCUT2D eigenvalue weighted by molar-refractivity contribution is 5.77. The van der Waals surface area contributed by atoms with Crippen LogP contribution in [0.25, 0.3) is 0 Å². The Morgan fingerprint density at radius 3 is 1.57 bits per heavy atom. The number of carbonyl (C=O) groups excluding carboxylic acids is 2. The molecule has 0 saturated heterocycles. The molecule has 0 aromatic heterocycles. The standard InChI is InChI=1S/C54H93NO5/c1-4-7-10-13-16-19-22-25-28-31-34-37-40-43-46-52(57)51(49-56)55-53(58)48-50(45-42-39-36-33-30-27-24-21-18-15-12-9-6-3)60-54(59)47-44-41-38-35-32-29-26-23-20-17-14-11-8-5-2/h8-9,11-12,15,17-18,20-21,24,27,30,33,36,50-52,56-57H,4-7,10,13-14,16,19,22-23,25-26,28-29,31-32,34-35,37-49H2,1-3H3,(H,55,58)/b11-8+,12-9+,18-15+,20-17+,24-21-,30-27-,36-33+. The molecule has 6 heteroatoms. The summed E-state index contributed by atoms with van der Waals surface area (Å²) in [5, 5.41) is 23.7. The van der Waals surface area contributed by atoms with Crippen LogP contribution in [0.5, 0.6) is 0 Å². The first kappa shape index (κ1) is 57.0. The number of aliphatic hydroxyl groups is 2. The lowest BCUT2D eigenvalue weighted by Crippen LogP contribution is -2.46. The third-order valence-electron chi connectivity index (χ3n) is 10.8. The van der Waals surface area contributed by atoms with Crippen molar-refractivity contribution in [3.63, 3.8) is 0 Å². The zero-order chi connectivity index (χ0) is 43.8. The molecule has 0 spiro atoms. The smallest absolute Gasteiger partial charge is 0.306 e. The highest BCUT2D eigenvalue weighted by atomic mass is 16.5. The molecule has 0 radical (unpaired) electrons. The lowest BCUT2D eigenvalue weighted by Gasteiger charge is -2.24. The molecule has 6 nitrogen and oxygen atoms in total. The monoisotopic (exact) mass is 836 g/mol. The van der Waals surface area contributed by atoms with Crippen LogP contribution >= 0.6 is 0 Å². The van der Waals surface area contributed by atoms with Gasteiger partial charge in [-0.15, -0.1) is 0 Å². The van der Waals surface area contributed by atoms with Crippen molar-refractivity contribution in [1.82, 2.24) is 5.32 Å². The normalized spacial score (nSPS) is 14.0. The third kappa shape index (κ3) is 41.8. The highest BCUT2D eigenvalue weighted by Gasteiger charge is 2.24. The molecule has 60 heavy (non-hydrogen) atoms. The number of nitrogens with one attached hydrogen (secondary N) is 1. The number of allylic oxidation sites excluding steroid dienone is 14. The van der Waals surface area contributed by atoms with Gasteiger partial charge in [0, 0.05) is 6.42 Å². The fourth-order valence-corrected chi connectivity index (χ4v) is 7.14. The predicted octanol–water partition coefficient (Wildman–Crippen LogP) is 14.8. The summed E-state index contributed by atoms with van der Waals surface area (Å²) in [5.74, 6) is -0.561. The summed E-state index contributed by atoms with van der Waals surface area (Å²) < 4.78 is 5.88. The van der Waals surface area contributed by atoms with Gasteiger partial charge in [-0.3, -0.25) is 9.59 Å². The second-order valence-corrected chi connectivity index (χ2v) is 16.6. The molecule has 0 aliphatic carbocycles. The van der Waals surface area contributed by atoms with Gasteiger partial charge in [0.2, 0.25) is 5.91 Å². The van der Waals surface area contributed by atoms with Crippen LogP contribution in [-0.2, 0) is 14.3 Å². The molecule has 0 aromatic carbocycles. The van der Waals surface area contributed by atoms with Crippen LogP contribution in [0.4, 0.5) is 0 Å². The van der Waals surface area contributed by atoms with Gasteiger partial charge >= 0.3 is 5.97 Å². The Morgan fingerprint density at radius 1 is 0.517 bits per heavy atom. The Labute approximate surface area is 370 Å². The number of ether oxygens (including phenoxy) is 1. The molecule has 344 valence electrons. The first-order valence-corrected chi connectivity index (χ1v) is 24.9. The molecule has 3 atom stereocenters.